The standard InChI is InChI=1S/C14H21NO/c1-12-7-9-15(10-8-12)11-13-3-5-14(16-2)6-4-13/h3-6,12H,7-11H2,1-2H3/p+1. The van der Waals surface area contributed by atoms with Crippen molar-refractivity contribution in [1.82, 2.24) is 0 Å². The van der Waals surface area contributed by atoms with Gasteiger partial charge in [-0.3, -0.25) is 0 Å². The van der Waals surface area contributed by atoms with Gasteiger partial charge in [-0.25, -0.2) is 0 Å². The zero-order valence-corrected chi connectivity index (χ0v) is 10.3. The molecule has 16 heavy (non-hydrogen) atoms. The van der Waals surface area contributed by atoms with Crippen molar-refractivity contribution in [3.05, 3.63) is 29.8 Å². The number of benzene rings is 1. The molecular weight excluding hydrogens is 198 g/mol. The molecule has 1 heterocycles. The number of piperidine rings is 1. The lowest BCUT2D eigenvalue weighted by molar-refractivity contribution is -0.919. The van der Waals surface area contributed by atoms with Gasteiger partial charge in [0.15, 0.2) is 0 Å². The minimum absolute atomic E-state index is 0.930. The van der Waals surface area contributed by atoms with E-state index in [1.165, 1.54) is 31.5 Å². The molecule has 0 atom stereocenters. The molecule has 1 aliphatic rings. The van der Waals surface area contributed by atoms with E-state index in [0.717, 1.165) is 18.2 Å². The van der Waals surface area contributed by atoms with Crippen LogP contribution in [0.4, 0.5) is 0 Å². The molecule has 1 N–H and O–H groups in total. The van der Waals surface area contributed by atoms with Gasteiger partial charge in [0.05, 0.1) is 20.2 Å². The van der Waals surface area contributed by atoms with Crippen molar-refractivity contribution < 1.29 is 9.64 Å². The van der Waals surface area contributed by atoms with Crippen LogP contribution >= 0.6 is 0 Å². The third-order valence-electron chi connectivity index (χ3n) is 3.59. The van der Waals surface area contributed by atoms with Crippen molar-refractivity contribution in [2.24, 2.45) is 5.92 Å². The highest BCUT2D eigenvalue weighted by Crippen LogP contribution is 2.11. The molecule has 0 radical (unpaired) electrons. The number of nitrogens with one attached hydrogen (secondary N) is 1. The van der Waals surface area contributed by atoms with E-state index in [4.69, 9.17) is 4.74 Å². The van der Waals surface area contributed by atoms with E-state index in [0.29, 0.717) is 0 Å². The average Bonchev–Trinajstić information content (AvgIpc) is 2.33. The van der Waals surface area contributed by atoms with Gasteiger partial charge in [0.25, 0.3) is 0 Å². The van der Waals surface area contributed by atoms with Gasteiger partial charge < -0.3 is 9.64 Å². The molecule has 0 aromatic heterocycles. The number of methoxy groups -OCH3 is 1. The highest BCUT2D eigenvalue weighted by atomic mass is 16.5. The van der Waals surface area contributed by atoms with Crippen molar-refractivity contribution >= 4 is 0 Å². The molecule has 0 unspecified atom stereocenters. The van der Waals surface area contributed by atoms with Gasteiger partial charge in [-0.15, -0.1) is 0 Å². The summed E-state index contributed by atoms with van der Waals surface area (Å²) < 4.78 is 5.17. The summed E-state index contributed by atoms with van der Waals surface area (Å²) in [5, 5.41) is 0. The fourth-order valence-electron chi connectivity index (χ4n) is 2.38. The summed E-state index contributed by atoms with van der Waals surface area (Å²) in [6.07, 6.45) is 2.76. The summed E-state index contributed by atoms with van der Waals surface area (Å²) in [6.45, 7) is 6.18. The van der Waals surface area contributed by atoms with E-state index < -0.39 is 0 Å². The average molecular weight is 220 g/mol. The smallest absolute Gasteiger partial charge is 0.118 e. The number of hydrogen-bond donors (Lipinski definition) is 1. The number of likely N-dealkylation sites (tertiary alicyclic amines) is 1. The highest BCUT2D eigenvalue weighted by molar-refractivity contribution is 5.26. The van der Waals surface area contributed by atoms with Crippen LogP contribution in [0.3, 0.4) is 0 Å². The first kappa shape index (κ1) is 11.5. The molecule has 88 valence electrons. The molecular formula is C14H22NO+. The van der Waals surface area contributed by atoms with E-state index in [1.54, 1.807) is 12.0 Å². The molecule has 1 saturated heterocycles. The van der Waals surface area contributed by atoms with Crippen molar-refractivity contribution in [1.29, 1.82) is 0 Å². The second kappa shape index (κ2) is 5.35. The van der Waals surface area contributed by atoms with E-state index >= 15 is 0 Å². The Balaban J connectivity index is 1.88. The maximum atomic E-state index is 5.17. The molecule has 1 aromatic rings. The van der Waals surface area contributed by atoms with Gasteiger partial charge in [-0.1, -0.05) is 6.92 Å². The van der Waals surface area contributed by atoms with Crippen LogP contribution in [0.1, 0.15) is 25.3 Å². The van der Waals surface area contributed by atoms with Crippen LogP contribution in [0, 0.1) is 5.92 Å². The normalized spacial score (nSPS) is 25.4. The Morgan fingerprint density at radius 3 is 2.38 bits per heavy atom. The molecule has 0 spiro atoms. The highest BCUT2D eigenvalue weighted by Gasteiger charge is 2.18. The first-order chi connectivity index (χ1) is 7.78. The fourth-order valence-corrected chi connectivity index (χ4v) is 2.38. The van der Waals surface area contributed by atoms with Crippen LogP contribution in [-0.4, -0.2) is 20.2 Å². The Morgan fingerprint density at radius 1 is 1.19 bits per heavy atom. The van der Waals surface area contributed by atoms with Crippen molar-refractivity contribution in [3.8, 4) is 5.75 Å². The minimum Gasteiger partial charge on any atom is -0.497 e. The zero-order valence-electron chi connectivity index (χ0n) is 10.3. The molecule has 2 heteroatoms. The first-order valence-electron chi connectivity index (χ1n) is 6.24. The fraction of sp³-hybridized carbons (Fsp3) is 0.571. The van der Waals surface area contributed by atoms with Gasteiger partial charge >= 0.3 is 0 Å². The lowest BCUT2D eigenvalue weighted by Gasteiger charge is -2.27. The number of rotatable bonds is 3. The SMILES string of the molecule is COc1ccc(C[NH+]2CCC(C)CC2)cc1. The van der Waals surface area contributed by atoms with E-state index in [9.17, 15) is 0 Å². The molecule has 0 bridgehead atoms. The lowest BCUT2D eigenvalue weighted by Crippen LogP contribution is -3.11. The molecule has 1 aromatic carbocycles. The van der Waals surface area contributed by atoms with Gasteiger partial charge in [-0.05, 0) is 43.0 Å². The van der Waals surface area contributed by atoms with Crippen molar-refractivity contribution in [2.45, 2.75) is 26.3 Å². The predicted octanol–water partition coefficient (Wildman–Crippen LogP) is 1.51. The Hall–Kier alpha value is -1.02. The number of quaternary nitrogens is 1. The zero-order chi connectivity index (χ0) is 11.4. The Bertz CT molecular complexity index is 312. The summed E-state index contributed by atoms with van der Waals surface area (Å²) in [5.41, 5.74) is 1.42. The van der Waals surface area contributed by atoms with Gasteiger partial charge in [0.1, 0.15) is 12.3 Å². The molecule has 1 aliphatic heterocycles. The van der Waals surface area contributed by atoms with Crippen LogP contribution < -0.4 is 9.64 Å². The third-order valence-corrected chi connectivity index (χ3v) is 3.59. The molecule has 2 rings (SSSR count). The molecule has 0 saturated carbocycles. The van der Waals surface area contributed by atoms with Crippen LogP contribution in [0.2, 0.25) is 0 Å². The lowest BCUT2D eigenvalue weighted by atomic mass is 9.99. The number of ether oxygens (including phenoxy) is 1. The predicted molar refractivity (Wildman–Crippen MR) is 65.8 cm³/mol. The quantitative estimate of drug-likeness (QED) is 0.815. The van der Waals surface area contributed by atoms with E-state index in [1.807, 2.05) is 0 Å². The second-order valence-corrected chi connectivity index (χ2v) is 4.96. The Morgan fingerprint density at radius 2 is 1.81 bits per heavy atom. The third kappa shape index (κ3) is 2.99. The Labute approximate surface area is 98.2 Å². The number of hydrogen-bond acceptors (Lipinski definition) is 1. The van der Waals surface area contributed by atoms with Crippen LogP contribution in [0.15, 0.2) is 24.3 Å². The maximum Gasteiger partial charge on any atom is 0.118 e. The van der Waals surface area contributed by atoms with E-state index in [2.05, 4.69) is 31.2 Å². The monoisotopic (exact) mass is 220 g/mol. The van der Waals surface area contributed by atoms with Crippen LogP contribution in [-0.2, 0) is 6.54 Å². The van der Waals surface area contributed by atoms with Gasteiger partial charge in [0, 0.05) is 5.56 Å². The summed E-state index contributed by atoms with van der Waals surface area (Å²) in [5.74, 6) is 1.88. The largest absolute Gasteiger partial charge is 0.497 e. The second-order valence-electron chi connectivity index (χ2n) is 4.96. The summed E-state index contributed by atoms with van der Waals surface area (Å²) in [4.78, 5) is 1.73. The molecule has 0 amide bonds. The topological polar surface area (TPSA) is 13.7 Å². The molecule has 0 aliphatic carbocycles. The summed E-state index contributed by atoms with van der Waals surface area (Å²) >= 11 is 0. The summed E-state index contributed by atoms with van der Waals surface area (Å²) in [6, 6.07) is 8.48. The van der Waals surface area contributed by atoms with Crippen molar-refractivity contribution in [3.63, 3.8) is 0 Å². The molecule has 1 fully saturated rings. The Kier molecular flexibility index (Phi) is 3.83. The van der Waals surface area contributed by atoms with Gasteiger partial charge in [0.2, 0.25) is 0 Å². The molecule has 2 nitrogen and oxygen atoms in total. The van der Waals surface area contributed by atoms with Gasteiger partial charge in [-0.2, -0.15) is 0 Å². The minimum atomic E-state index is 0.930. The van der Waals surface area contributed by atoms with Crippen molar-refractivity contribution in [2.75, 3.05) is 20.2 Å². The van der Waals surface area contributed by atoms with E-state index in [-0.39, 0.29) is 0 Å². The summed E-state index contributed by atoms with van der Waals surface area (Å²) in [7, 11) is 1.71. The van der Waals surface area contributed by atoms with Crippen LogP contribution in [0.5, 0.6) is 5.75 Å². The van der Waals surface area contributed by atoms with Crippen LogP contribution in [0.25, 0.3) is 0 Å². The first-order valence-corrected chi connectivity index (χ1v) is 6.24. The maximum absolute atomic E-state index is 5.17.